The van der Waals surface area contributed by atoms with Crippen LogP contribution in [0.4, 0.5) is 0 Å². The number of methoxy groups -OCH3 is 1. The first-order valence-electron chi connectivity index (χ1n) is 7.22. The van der Waals surface area contributed by atoms with Crippen molar-refractivity contribution in [2.24, 2.45) is 0 Å². The van der Waals surface area contributed by atoms with Crippen molar-refractivity contribution < 1.29 is 9.53 Å². The number of hydrogen-bond donors (Lipinski definition) is 0. The highest BCUT2D eigenvalue weighted by molar-refractivity contribution is 9.10. The molecule has 114 valence electrons. The zero-order chi connectivity index (χ0) is 16.2. The van der Waals surface area contributed by atoms with Gasteiger partial charge in [0.1, 0.15) is 5.75 Å². The van der Waals surface area contributed by atoms with Gasteiger partial charge in [-0.15, -0.1) is 0 Å². The fourth-order valence-electron chi connectivity index (χ4n) is 2.44. The van der Waals surface area contributed by atoms with Crippen molar-refractivity contribution in [1.29, 1.82) is 0 Å². The third-order valence-electron chi connectivity index (χ3n) is 3.64. The molecule has 0 aromatic heterocycles. The summed E-state index contributed by atoms with van der Waals surface area (Å²) in [6, 6.07) is 19.4. The first-order valence-corrected chi connectivity index (χ1v) is 8.01. The number of ketones is 1. The molecule has 2 nitrogen and oxygen atoms in total. The second-order valence-electron chi connectivity index (χ2n) is 5.15. The minimum absolute atomic E-state index is 0.0298. The molecule has 0 aliphatic rings. The van der Waals surface area contributed by atoms with Crippen LogP contribution >= 0.6 is 15.9 Å². The first-order chi connectivity index (χ1) is 11.2. The number of ether oxygens (including phenoxy) is 1. The van der Waals surface area contributed by atoms with Crippen LogP contribution in [0.15, 0.2) is 71.2 Å². The summed E-state index contributed by atoms with van der Waals surface area (Å²) >= 11 is 3.43. The number of carbonyl (C=O) groups excluding carboxylic acids is 1. The van der Waals surface area contributed by atoms with Crippen LogP contribution in [0, 0.1) is 0 Å². The summed E-state index contributed by atoms with van der Waals surface area (Å²) in [5, 5.41) is 2.19. The average Bonchev–Trinajstić information content (AvgIpc) is 2.59. The van der Waals surface area contributed by atoms with Crippen molar-refractivity contribution in [2.45, 2.75) is 0 Å². The number of fused-ring (bicyclic) bond motifs is 1. The predicted molar refractivity (Wildman–Crippen MR) is 98.0 cm³/mol. The van der Waals surface area contributed by atoms with Crippen molar-refractivity contribution in [3.8, 4) is 5.75 Å². The SMILES string of the molecule is COc1ccc(Br)cc1/C=C/C(=O)c1ccc2ccccc2c1. The Balaban J connectivity index is 1.89. The molecule has 3 heteroatoms. The van der Waals surface area contributed by atoms with E-state index in [1.54, 1.807) is 19.3 Å². The minimum Gasteiger partial charge on any atom is -0.496 e. The molecule has 0 N–H and O–H groups in total. The Morgan fingerprint density at radius 1 is 1.00 bits per heavy atom. The lowest BCUT2D eigenvalue weighted by atomic mass is 10.0. The van der Waals surface area contributed by atoms with E-state index >= 15 is 0 Å². The molecule has 0 saturated carbocycles. The summed E-state index contributed by atoms with van der Waals surface area (Å²) in [4.78, 5) is 12.4. The molecule has 0 spiro atoms. The third-order valence-corrected chi connectivity index (χ3v) is 4.13. The smallest absolute Gasteiger partial charge is 0.185 e. The lowest BCUT2D eigenvalue weighted by molar-refractivity contribution is 0.104. The van der Waals surface area contributed by atoms with Crippen LogP contribution in [0.2, 0.25) is 0 Å². The van der Waals surface area contributed by atoms with Gasteiger partial charge in [0.2, 0.25) is 0 Å². The topological polar surface area (TPSA) is 26.3 Å². The average molecular weight is 367 g/mol. The van der Waals surface area contributed by atoms with E-state index in [2.05, 4.69) is 15.9 Å². The molecule has 0 aliphatic carbocycles. The Morgan fingerprint density at radius 3 is 2.57 bits per heavy atom. The molecule has 0 heterocycles. The number of rotatable bonds is 4. The number of allylic oxidation sites excluding steroid dienone is 1. The minimum atomic E-state index is -0.0298. The molecule has 3 aromatic carbocycles. The van der Waals surface area contributed by atoms with E-state index in [4.69, 9.17) is 4.74 Å². The van der Waals surface area contributed by atoms with Crippen LogP contribution in [0.5, 0.6) is 5.75 Å². The zero-order valence-electron chi connectivity index (χ0n) is 12.6. The zero-order valence-corrected chi connectivity index (χ0v) is 14.2. The van der Waals surface area contributed by atoms with Crippen LogP contribution in [0.1, 0.15) is 15.9 Å². The van der Waals surface area contributed by atoms with Crippen molar-refractivity contribution in [3.05, 3.63) is 82.3 Å². The van der Waals surface area contributed by atoms with Gasteiger partial charge in [0.05, 0.1) is 7.11 Å². The van der Waals surface area contributed by atoms with Gasteiger partial charge in [-0.2, -0.15) is 0 Å². The van der Waals surface area contributed by atoms with E-state index in [-0.39, 0.29) is 5.78 Å². The standard InChI is InChI=1S/C20H15BrO2/c1-23-20-11-9-18(21)13-17(20)8-10-19(22)16-7-6-14-4-2-3-5-15(14)12-16/h2-13H,1H3/b10-8+. The molecule has 23 heavy (non-hydrogen) atoms. The molecule has 0 radical (unpaired) electrons. The monoisotopic (exact) mass is 366 g/mol. The van der Waals surface area contributed by atoms with E-state index in [0.717, 1.165) is 26.6 Å². The van der Waals surface area contributed by atoms with Gasteiger partial charge in [0, 0.05) is 15.6 Å². The largest absolute Gasteiger partial charge is 0.496 e. The van der Waals surface area contributed by atoms with Crippen LogP contribution in [0.25, 0.3) is 16.8 Å². The van der Waals surface area contributed by atoms with Gasteiger partial charge in [0.15, 0.2) is 5.78 Å². The molecule has 3 aromatic rings. The molecule has 0 amide bonds. The maximum Gasteiger partial charge on any atom is 0.185 e. The van der Waals surface area contributed by atoms with Crippen molar-refractivity contribution in [3.63, 3.8) is 0 Å². The molecular formula is C20H15BrO2. The molecule has 0 bridgehead atoms. The quantitative estimate of drug-likeness (QED) is 0.449. The first kappa shape index (κ1) is 15.5. The summed E-state index contributed by atoms with van der Waals surface area (Å²) in [7, 11) is 1.62. The lowest BCUT2D eigenvalue weighted by Gasteiger charge is -2.05. The van der Waals surface area contributed by atoms with Gasteiger partial charge in [0.25, 0.3) is 0 Å². The maximum atomic E-state index is 12.4. The highest BCUT2D eigenvalue weighted by atomic mass is 79.9. The maximum absolute atomic E-state index is 12.4. The summed E-state index contributed by atoms with van der Waals surface area (Å²) in [5.41, 5.74) is 1.53. The molecule has 0 fully saturated rings. The summed E-state index contributed by atoms with van der Waals surface area (Å²) < 4.78 is 6.25. The Morgan fingerprint density at radius 2 is 1.78 bits per heavy atom. The van der Waals surface area contributed by atoms with Gasteiger partial charge >= 0.3 is 0 Å². The summed E-state index contributed by atoms with van der Waals surface area (Å²) in [6.45, 7) is 0. The van der Waals surface area contributed by atoms with E-state index in [0.29, 0.717) is 5.56 Å². The third kappa shape index (κ3) is 3.51. The fourth-order valence-corrected chi connectivity index (χ4v) is 2.82. The molecule has 0 aliphatic heterocycles. The van der Waals surface area contributed by atoms with E-state index in [1.165, 1.54) is 0 Å². The van der Waals surface area contributed by atoms with Crippen LogP contribution < -0.4 is 4.74 Å². The van der Waals surface area contributed by atoms with Gasteiger partial charge in [-0.05, 0) is 47.2 Å². The Hall–Kier alpha value is -2.39. The van der Waals surface area contributed by atoms with Crippen LogP contribution in [-0.4, -0.2) is 12.9 Å². The summed E-state index contributed by atoms with van der Waals surface area (Å²) in [6.07, 6.45) is 3.36. The van der Waals surface area contributed by atoms with Gasteiger partial charge < -0.3 is 4.74 Å². The van der Waals surface area contributed by atoms with Gasteiger partial charge in [-0.1, -0.05) is 52.3 Å². The molecule has 0 unspecified atom stereocenters. The second kappa shape index (κ2) is 6.80. The van der Waals surface area contributed by atoms with Gasteiger partial charge in [-0.3, -0.25) is 4.79 Å². The van der Waals surface area contributed by atoms with Crippen molar-refractivity contribution in [2.75, 3.05) is 7.11 Å². The Labute approximate surface area is 143 Å². The Bertz CT molecular complexity index is 897. The van der Waals surface area contributed by atoms with E-state index in [1.807, 2.05) is 60.7 Å². The lowest BCUT2D eigenvalue weighted by Crippen LogP contribution is -1.94. The number of carbonyl (C=O) groups is 1. The van der Waals surface area contributed by atoms with Gasteiger partial charge in [-0.25, -0.2) is 0 Å². The van der Waals surface area contributed by atoms with Crippen molar-refractivity contribution in [1.82, 2.24) is 0 Å². The van der Waals surface area contributed by atoms with Crippen LogP contribution in [-0.2, 0) is 0 Å². The normalized spacial score (nSPS) is 11.0. The summed E-state index contributed by atoms with van der Waals surface area (Å²) in [5.74, 6) is 0.702. The highest BCUT2D eigenvalue weighted by Crippen LogP contribution is 2.24. The second-order valence-corrected chi connectivity index (χ2v) is 6.06. The fraction of sp³-hybridized carbons (Fsp3) is 0.0500. The highest BCUT2D eigenvalue weighted by Gasteiger charge is 2.05. The number of hydrogen-bond acceptors (Lipinski definition) is 2. The molecule has 0 saturated heterocycles. The Kier molecular flexibility index (Phi) is 4.58. The number of benzene rings is 3. The van der Waals surface area contributed by atoms with Crippen LogP contribution in [0.3, 0.4) is 0 Å². The molecule has 0 atom stereocenters. The van der Waals surface area contributed by atoms with Crippen molar-refractivity contribution >= 4 is 38.6 Å². The number of halogens is 1. The van der Waals surface area contributed by atoms with E-state index in [9.17, 15) is 4.79 Å². The predicted octanol–water partition coefficient (Wildman–Crippen LogP) is 5.51. The molecule has 3 rings (SSSR count). The molecular weight excluding hydrogens is 352 g/mol. The van der Waals surface area contributed by atoms with E-state index < -0.39 is 0 Å².